The van der Waals surface area contributed by atoms with E-state index in [0.29, 0.717) is 23.6 Å². The van der Waals surface area contributed by atoms with Crippen molar-refractivity contribution in [2.75, 3.05) is 17.3 Å². The number of aromatic amines is 1. The summed E-state index contributed by atoms with van der Waals surface area (Å²) in [6.07, 6.45) is 7.97. The standard InChI is InChI=1S/C23H25FN6S2/c1-30-12-18(10-26-30)22-28-21-19(6-7-25-23(21)29-22)16-4-5-17(20(24)9-16)11-27-32-14-15-3-2-8-31-13-15/h4-7,9-10,12,15,27H,2-3,8,11,13-14H2,1H3,(H,25,28,29). The van der Waals surface area contributed by atoms with Crippen molar-refractivity contribution in [2.24, 2.45) is 13.0 Å². The van der Waals surface area contributed by atoms with Gasteiger partial charge in [0.15, 0.2) is 5.65 Å². The fourth-order valence-electron chi connectivity index (χ4n) is 3.93. The van der Waals surface area contributed by atoms with Crippen molar-refractivity contribution in [2.45, 2.75) is 19.4 Å². The van der Waals surface area contributed by atoms with Crippen LogP contribution in [0.3, 0.4) is 0 Å². The van der Waals surface area contributed by atoms with E-state index in [4.69, 9.17) is 0 Å². The number of pyridine rings is 1. The van der Waals surface area contributed by atoms with Gasteiger partial charge in [0.25, 0.3) is 0 Å². The van der Waals surface area contributed by atoms with E-state index in [0.717, 1.165) is 33.9 Å². The summed E-state index contributed by atoms with van der Waals surface area (Å²) >= 11 is 3.75. The Morgan fingerprint density at radius 1 is 1.31 bits per heavy atom. The highest BCUT2D eigenvalue weighted by atomic mass is 32.2. The maximum atomic E-state index is 14.9. The van der Waals surface area contributed by atoms with Gasteiger partial charge in [-0.1, -0.05) is 24.1 Å². The third-order valence-electron chi connectivity index (χ3n) is 5.67. The molecule has 9 heteroatoms. The summed E-state index contributed by atoms with van der Waals surface area (Å²) in [6, 6.07) is 7.30. The van der Waals surface area contributed by atoms with Gasteiger partial charge in [-0.25, -0.2) is 14.4 Å². The number of benzene rings is 1. The third kappa shape index (κ3) is 4.69. The molecule has 3 aromatic heterocycles. The smallest absolute Gasteiger partial charge is 0.178 e. The molecule has 0 spiro atoms. The molecular formula is C23H25FN6S2. The maximum absolute atomic E-state index is 14.9. The van der Waals surface area contributed by atoms with Crippen LogP contribution in [0.15, 0.2) is 42.9 Å². The molecule has 1 saturated heterocycles. The van der Waals surface area contributed by atoms with Gasteiger partial charge in [0, 0.05) is 42.9 Å². The minimum Gasteiger partial charge on any atom is -0.336 e. The fourth-order valence-corrected chi connectivity index (χ4v) is 6.13. The number of nitrogens with one attached hydrogen (secondary N) is 2. The Kier molecular flexibility index (Phi) is 6.47. The van der Waals surface area contributed by atoms with Crippen LogP contribution >= 0.6 is 23.7 Å². The normalized spacial score (nSPS) is 16.6. The van der Waals surface area contributed by atoms with Gasteiger partial charge >= 0.3 is 0 Å². The number of halogens is 1. The van der Waals surface area contributed by atoms with Crippen molar-refractivity contribution < 1.29 is 4.39 Å². The van der Waals surface area contributed by atoms with Crippen LogP contribution in [0.4, 0.5) is 4.39 Å². The molecule has 4 aromatic rings. The second-order valence-corrected chi connectivity index (χ2v) is 10.1. The zero-order valence-corrected chi connectivity index (χ0v) is 19.5. The number of H-pyrrole nitrogens is 1. The van der Waals surface area contributed by atoms with E-state index in [9.17, 15) is 4.39 Å². The molecule has 4 heterocycles. The number of aryl methyl sites for hydroxylation is 1. The summed E-state index contributed by atoms with van der Waals surface area (Å²) in [6.45, 7) is 0.512. The number of aromatic nitrogens is 5. The van der Waals surface area contributed by atoms with Crippen LogP contribution < -0.4 is 4.72 Å². The number of fused-ring (bicyclic) bond motifs is 1. The summed E-state index contributed by atoms with van der Waals surface area (Å²) in [5.74, 6) is 4.87. The van der Waals surface area contributed by atoms with Gasteiger partial charge in [0.1, 0.15) is 11.6 Å². The van der Waals surface area contributed by atoms with Crippen LogP contribution in [0.2, 0.25) is 0 Å². The molecule has 6 nitrogen and oxygen atoms in total. The minimum absolute atomic E-state index is 0.208. The molecule has 1 aliphatic rings. The molecule has 1 aliphatic heterocycles. The van der Waals surface area contributed by atoms with Crippen molar-refractivity contribution in [3.8, 4) is 22.5 Å². The van der Waals surface area contributed by atoms with Gasteiger partial charge in [-0.15, -0.1) is 0 Å². The number of thioether (sulfide) groups is 1. The first kappa shape index (κ1) is 21.5. The van der Waals surface area contributed by atoms with Crippen LogP contribution in [0.25, 0.3) is 33.7 Å². The third-order valence-corrected chi connectivity index (χ3v) is 7.94. The average molecular weight is 469 g/mol. The highest BCUT2D eigenvalue weighted by Crippen LogP contribution is 2.30. The summed E-state index contributed by atoms with van der Waals surface area (Å²) in [7, 11) is 1.86. The number of hydrogen-bond donors (Lipinski definition) is 2. The molecule has 0 radical (unpaired) electrons. The highest BCUT2D eigenvalue weighted by Gasteiger charge is 2.15. The minimum atomic E-state index is -0.208. The molecule has 1 atom stereocenters. The predicted octanol–water partition coefficient (Wildman–Crippen LogP) is 5.05. The van der Waals surface area contributed by atoms with E-state index in [1.54, 1.807) is 35.1 Å². The fraction of sp³-hybridized carbons (Fsp3) is 0.348. The molecule has 32 heavy (non-hydrogen) atoms. The molecule has 5 rings (SSSR count). The number of hydrogen-bond acceptors (Lipinski definition) is 6. The Morgan fingerprint density at radius 3 is 3.03 bits per heavy atom. The SMILES string of the molecule is Cn1cc(-c2nc3nccc(-c4ccc(CNSCC5CCCSC5)c(F)c4)c3[nH]2)cn1. The first-order valence-corrected chi connectivity index (χ1v) is 12.9. The van der Waals surface area contributed by atoms with Crippen molar-refractivity contribution in [1.82, 2.24) is 29.5 Å². The number of nitrogens with zero attached hydrogens (tertiary/aromatic N) is 4. The van der Waals surface area contributed by atoms with Gasteiger partial charge in [-0.2, -0.15) is 16.9 Å². The topological polar surface area (TPSA) is 71.4 Å². The lowest BCUT2D eigenvalue weighted by molar-refractivity contribution is 0.580. The molecule has 1 unspecified atom stereocenters. The molecule has 166 valence electrons. The zero-order valence-electron chi connectivity index (χ0n) is 17.8. The second kappa shape index (κ2) is 9.64. The van der Waals surface area contributed by atoms with Gasteiger partial charge in [-0.3, -0.25) is 9.40 Å². The zero-order chi connectivity index (χ0) is 21.9. The van der Waals surface area contributed by atoms with Crippen molar-refractivity contribution in [3.05, 3.63) is 54.2 Å². The first-order chi connectivity index (χ1) is 15.7. The molecular weight excluding hydrogens is 443 g/mol. The van der Waals surface area contributed by atoms with E-state index in [2.05, 4.69) is 24.8 Å². The summed E-state index contributed by atoms with van der Waals surface area (Å²) in [4.78, 5) is 12.3. The first-order valence-electron chi connectivity index (χ1n) is 10.7. The van der Waals surface area contributed by atoms with Gasteiger partial charge < -0.3 is 4.98 Å². The van der Waals surface area contributed by atoms with Crippen molar-refractivity contribution >= 4 is 34.9 Å². The largest absolute Gasteiger partial charge is 0.336 e. The van der Waals surface area contributed by atoms with E-state index < -0.39 is 0 Å². The number of imidazole rings is 1. The monoisotopic (exact) mass is 468 g/mol. The molecule has 0 saturated carbocycles. The highest BCUT2D eigenvalue weighted by molar-refractivity contribution is 7.99. The van der Waals surface area contributed by atoms with E-state index in [-0.39, 0.29) is 5.82 Å². The van der Waals surface area contributed by atoms with Crippen LogP contribution in [-0.2, 0) is 13.6 Å². The van der Waals surface area contributed by atoms with E-state index in [1.165, 1.54) is 24.3 Å². The van der Waals surface area contributed by atoms with Crippen LogP contribution in [0.1, 0.15) is 18.4 Å². The molecule has 0 bridgehead atoms. The summed E-state index contributed by atoms with van der Waals surface area (Å²) in [5.41, 5.74) is 4.62. The lowest BCUT2D eigenvalue weighted by atomic mass is 10.0. The van der Waals surface area contributed by atoms with E-state index >= 15 is 0 Å². The lowest BCUT2D eigenvalue weighted by Gasteiger charge is -2.20. The van der Waals surface area contributed by atoms with Crippen LogP contribution in [0.5, 0.6) is 0 Å². The summed E-state index contributed by atoms with van der Waals surface area (Å²) in [5, 5.41) is 4.20. The quantitative estimate of drug-likeness (QED) is 0.292. The predicted molar refractivity (Wildman–Crippen MR) is 131 cm³/mol. The van der Waals surface area contributed by atoms with Crippen molar-refractivity contribution in [3.63, 3.8) is 0 Å². The Hall–Kier alpha value is -2.36. The summed E-state index contributed by atoms with van der Waals surface area (Å²) < 4.78 is 19.9. The lowest BCUT2D eigenvalue weighted by Crippen LogP contribution is -2.16. The van der Waals surface area contributed by atoms with E-state index in [1.807, 2.05) is 43.2 Å². The van der Waals surface area contributed by atoms with Crippen LogP contribution in [0, 0.1) is 11.7 Å². The van der Waals surface area contributed by atoms with Gasteiger partial charge in [0.2, 0.25) is 0 Å². The molecule has 0 aliphatic carbocycles. The molecule has 1 fully saturated rings. The Labute approximate surface area is 194 Å². The van der Waals surface area contributed by atoms with Crippen LogP contribution in [-0.4, -0.2) is 42.0 Å². The van der Waals surface area contributed by atoms with Crippen molar-refractivity contribution in [1.29, 1.82) is 0 Å². The Balaban J connectivity index is 1.30. The number of rotatable bonds is 7. The second-order valence-electron chi connectivity index (χ2n) is 8.07. The molecule has 2 N–H and O–H groups in total. The van der Waals surface area contributed by atoms with Gasteiger partial charge in [-0.05, 0) is 48.0 Å². The Morgan fingerprint density at radius 2 is 2.25 bits per heavy atom. The maximum Gasteiger partial charge on any atom is 0.178 e. The average Bonchev–Trinajstić information content (AvgIpc) is 3.44. The Bertz CT molecular complexity index is 1210. The molecule has 1 aromatic carbocycles. The van der Waals surface area contributed by atoms with Gasteiger partial charge in [0.05, 0.1) is 17.3 Å². The molecule has 0 amide bonds.